The number of aliphatic hydroxyl groups is 4. The van der Waals surface area contributed by atoms with Crippen LogP contribution in [0.1, 0.15) is 131 Å². The number of hydrogen-bond donors (Lipinski definition) is 10. The molecule has 3 saturated carbocycles. The zero-order valence-electron chi connectivity index (χ0n) is 55.3. The predicted molar refractivity (Wildman–Crippen MR) is 385 cm³/mol. The molecule has 29 nitrogen and oxygen atoms in total. The lowest BCUT2D eigenvalue weighted by atomic mass is 9.90. The number of aliphatic hydroxyl groups excluding tert-OH is 3. The van der Waals surface area contributed by atoms with Crippen LogP contribution in [0.15, 0.2) is 161 Å². The number of carbonyl (C=O) groups excluding carboxylic acids is 3. The number of hydrogen-bond acceptors (Lipinski definition) is 28. The van der Waals surface area contributed by atoms with E-state index in [0.29, 0.717) is 88.6 Å². The highest BCUT2D eigenvalue weighted by Gasteiger charge is 2.38. The highest BCUT2D eigenvalue weighted by Crippen LogP contribution is 2.36. The molecule has 546 valence electrons. The van der Waals surface area contributed by atoms with Crippen molar-refractivity contribution in [2.24, 2.45) is 33.2 Å². The van der Waals surface area contributed by atoms with Gasteiger partial charge in [0.25, 0.3) is 0 Å². The summed E-state index contributed by atoms with van der Waals surface area (Å²) >= 11 is 6.22. The molecular weight excluding hydrogens is 1500 g/mol. The summed E-state index contributed by atoms with van der Waals surface area (Å²) in [5.74, 6) is -1.16. The molecule has 13 N–H and O–H groups in total. The van der Waals surface area contributed by atoms with Gasteiger partial charge in [0.05, 0.1) is 70.8 Å². The van der Waals surface area contributed by atoms with Gasteiger partial charge >= 0.3 is 30.9 Å². The van der Waals surface area contributed by atoms with Gasteiger partial charge < -0.3 is 40.8 Å². The summed E-state index contributed by atoms with van der Waals surface area (Å²) in [4.78, 5) is 65.5. The number of aryl methyl sites for hydroxylation is 1. The fourth-order valence-corrected chi connectivity index (χ4v) is 15.6. The second kappa shape index (κ2) is 34.2. The minimum Gasteiger partial charge on any atom is -0.460 e. The van der Waals surface area contributed by atoms with Crippen molar-refractivity contribution >= 4 is 104 Å². The highest BCUT2D eigenvalue weighted by atomic mass is 79.9. The molecule has 9 aromatic rings. The van der Waals surface area contributed by atoms with Crippen molar-refractivity contribution < 1.29 is 77.0 Å². The van der Waals surface area contributed by atoms with Crippen molar-refractivity contribution in [3.63, 3.8) is 0 Å². The lowest BCUT2D eigenvalue weighted by molar-refractivity contribution is 0.100. The van der Waals surface area contributed by atoms with Gasteiger partial charge in [-0.1, -0.05) is 88.2 Å². The molecule has 0 spiro atoms. The number of halogens is 1. The maximum Gasteiger partial charge on any atom is 0.333 e. The largest absolute Gasteiger partial charge is 0.460 e. The highest BCUT2D eigenvalue weighted by molar-refractivity contribution is 9.10. The third-order valence-electron chi connectivity index (χ3n) is 17.5. The van der Waals surface area contributed by atoms with Crippen LogP contribution in [0.3, 0.4) is 0 Å². The fourth-order valence-electron chi connectivity index (χ4n) is 12.3. The first-order valence-corrected chi connectivity index (χ1v) is 39.1. The number of rotatable bonds is 27. The summed E-state index contributed by atoms with van der Waals surface area (Å²) in [6.07, 6.45) is 11.0. The first kappa shape index (κ1) is 77.5. The zero-order chi connectivity index (χ0) is 73.8. The van der Waals surface area contributed by atoms with Crippen LogP contribution < -0.4 is 31.4 Å². The number of thiophene rings is 2. The molecule has 3 fully saturated rings. The first-order valence-electron chi connectivity index (χ1n) is 32.1. The molecule has 10 atom stereocenters. The number of benzene rings is 3. The molecule has 0 amide bonds. The van der Waals surface area contributed by atoms with Gasteiger partial charge in [-0.2, -0.15) is 25.3 Å². The summed E-state index contributed by atoms with van der Waals surface area (Å²) in [7, 11) is -12.3. The van der Waals surface area contributed by atoms with Gasteiger partial charge in [-0.3, -0.25) is 26.9 Å². The number of nitrogens with two attached hydrogens (primary N) is 3. The van der Waals surface area contributed by atoms with E-state index in [1.165, 1.54) is 83.7 Å². The SMILES string of the molecule is CC(O)(c1ccccc1)c1coc(C(=O)c2cncnc2N[C@@H]2C[C@H](COS(N)(=O)=O)[C@@H](O)C2)c1.Cc1cccc(Cc2csc(C(=O)c3cncnc3N[C@@H]3C[C@H](COS(N)(=O)=O)[C@@H](O)C3)c2)c1.NS(=O)(=O)OC[C@H]1C[C@@H](Nc2ncncc2C(=O)c2cc(Cc3cccc(Br)c3)cs2)C[C@@H]1O. The van der Waals surface area contributed by atoms with E-state index in [1.807, 2.05) is 59.3 Å². The molecule has 103 heavy (non-hydrogen) atoms. The molecule has 0 saturated heterocycles. The van der Waals surface area contributed by atoms with E-state index < -0.39 is 78.4 Å². The molecule has 0 radical (unpaired) electrons. The lowest BCUT2D eigenvalue weighted by Gasteiger charge is -2.22. The van der Waals surface area contributed by atoms with E-state index in [2.05, 4.69) is 99.5 Å². The van der Waals surface area contributed by atoms with E-state index in [1.54, 1.807) is 31.2 Å². The Hall–Kier alpha value is -8.08. The van der Waals surface area contributed by atoms with Crippen LogP contribution in [0, 0.1) is 24.7 Å². The summed E-state index contributed by atoms with van der Waals surface area (Å²) in [6.45, 7) is 3.01. The van der Waals surface area contributed by atoms with E-state index in [0.717, 1.165) is 27.6 Å². The molecule has 0 bridgehead atoms. The van der Waals surface area contributed by atoms with Gasteiger partial charge in [-0.15, -0.1) is 22.7 Å². The number of nitrogens with one attached hydrogen (secondary N) is 3. The monoisotopic (exact) mass is 1570 g/mol. The van der Waals surface area contributed by atoms with Crippen LogP contribution >= 0.6 is 38.6 Å². The predicted octanol–water partition coefficient (Wildman–Crippen LogP) is 6.66. The Morgan fingerprint density at radius 3 is 1.36 bits per heavy atom. The second-order valence-electron chi connectivity index (χ2n) is 25.3. The van der Waals surface area contributed by atoms with E-state index in [9.17, 15) is 60.1 Å². The van der Waals surface area contributed by atoms with E-state index >= 15 is 0 Å². The lowest BCUT2D eigenvalue weighted by Crippen LogP contribution is -2.24. The molecule has 3 aliphatic carbocycles. The Balaban J connectivity index is 0.000000166. The minimum absolute atomic E-state index is 0.0000540. The number of ketones is 3. The first-order chi connectivity index (χ1) is 48.9. The zero-order valence-corrected chi connectivity index (χ0v) is 61.0. The normalized spacial score (nSPS) is 20.9. The molecule has 1 unspecified atom stereocenters. The smallest absolute Gasteiger partial charge is 0.333 e. The quantitative estimate of drug-likeness (QED) is 0.0240. The third-order valence-corrected chi connectivity index (χ3v) is 21.3. The number of anilines is 3. The Morgan fingerprint density at radius 2 is 0.951 bits per heavy atom. The number of carbonyl (C=O) groups is 3. The van der Waals surface area contributed by atoms with Gasteiger partial charge in [-0.25, -0.2) is 45.3 Å². The molecule has 0 aliphatic heterocycles. The van der Waals surface area contributed by atoms with Crippen molar-refractivity contribution in [3.05, 3.63) is 227 Å². The van der Waals surface area contributed by atoms with Crippen molar-refractivity contribution in [1.29, 1.82) is 0 Å². The van der Waals surface area contributed by atoms with E-state index in [4.69, 9.17) is 19.8 Å². The molecule has 6 aromatic heterocycles. The fraction of sp³-hybridized carbons (Fsp3) is 0.338. The van der Waals surface area contributed by atoms with Gasteiger partial charge in [0.1, 0.15) is 42.0 Å². The summed E-state index contributed by atoms with van der Waals surface area (Å²) in [6, 6.07) is 29.8. The summed E-state index contributed by atoms with van der Waals surface area (Å²) < 4.78 is 86.6. The van der Waals surface area contributed by atoms with Crippen molar-refractivity contribution in [2.45, 2.75) is 107 Å². The number of aromatic nitrogens is 6. The minimum atomic E-state index is -4.11. The molecule has 35 heteroatoms. The summed E-state index contributed by atoms with van der Waals surface area (Å²) in [5.41, 5.74) is 6.11. The van der Waals surface area contributed by atoms with Crippen molar-refractivity contribution in [1.82, 2.24) is 29.9 Å². The van der Waals surface area contributed by atoms with Crippen LogP contribution in [-0.2, 0) is 61.9 Å². The Bertz CT molecular complexity index is 4600. The van der Waals surface area contributed by atoms with Gasteiger partial charge in [-0.05, 0) is 134 Å². The van der Waals surface area contributed by atoms with E-state index in [-0.39, 0.29) is 66.7 Å². The Labute approximate surface area is 610 Å². The average Bonchev–Trinajstić information content (AvgIpc) is 1.69. The van der Waals surface area contributed by atoms with Crippen molar-refractivity contribution in [3.8, 4) is 0 Å². The van der Waals surface area contributed by atoms with Gasteiger partial charge in [0.15, 0.2) is 5.76 Å². The standard InChI is InChI=1S/C23H26N4O7S.C23H26N4O5S2.C22H23BrN4O5S2/c1-23(30,15-5-3-2-4-6-15)16-8-20(33-12-16)21(29)18-10-25-13-26-22(18)27-17-7-14(19(28)9-17)11-34-35(24,31)32;1-14-3-2-4-15(5-14)6-16-7-21(33-12-16)22(29)19-10-25-13-26-23(19)27-18-8-17(20(28)9-18)11-32-34(24,30)31;23-16-3-1-2-13(5-16)4-14-6-20(33-11-14)21(29)18-9-25-12-26-22(18)27-17-7-15(19(28)8-17)10-32-34(24,30)31/h2-6,8,10,12-14,17,19,28,30H,7,9,11H2,1H3,(H2,24,31,32)(H,25,26,27);2-5,7,10,12-13,17-18,20,28H,6,8-9,11H2,1H3,(H2,24,30,31)(H,25,26,27);1-3,5-6,9,11-12,15,17,19,28H,4,7-8,10H2,(H2,24,30,31)(H,25,26,27)/t14-,17-,19+,23?;17-,18-,20+;15-,17-,19+/m111/s1. The average molecular weight is 1570 g/mol. The van der Waals surface area contributed by atoms with Crippen molar-refractivity contribution in [2.75, 3.05) is 35.8 Å². The molecule has 6 heterocycles. The second-order valence-corrected chi connectivity index (χ2v) is 31.7. The van der Waals surface area contributed by atoms with Crippen LogP contribution in [0.4, 0.5) is 17.5 Å². The Kier molecular flexibility index (Phi) is 25.8. The molecule has 12 rings (SSSR count). The maximum absolute atomic E-state index is 13.2. The maximum atomic E-state index is 13.2. The van der Waals surface area contributed by atoms with Gasteiger partial charge in [0.2, 0.25) is 17.3 Å². The van der Waals surface area contributed by atoms with Gasteiger partial charge in [0, 0.05) is 64.5 Å². The van der Waals surface area contributed by atoms with Crippen LogP contribution in [0.25, 0.3) is 0 Å². The molecule has 3 aromatic carbocycles. The van der Waals surface area contributed by atoms with Crippen LogP contribution in [-0.4, -0.2) is 149 Å². The molecule has 3 aliphatic rings. The topological polar surface area (TPSA) is 467 Å². The number of nitrogens with zero attached hydrogens (tertiary/aromatic N) is 6. The third kappa shape index (κ3) is 22.0. The summed E-state index contributed by atoms with van der Waals surface area (Å²) in [5, 5.41) is 69.9. The number of furan rings is 1. The Morgan fingerprint density at radius 1 is 0.544 bits per heavy atom. The van der Waals surface area contributed by atoms with Crippen LogP contribution in [0.2, 0.25) is 0 Å². The van der Waals surface area contributed by atoms with Crippen LogP contribution in [0.5, 0.6) is 0 Å². The molecular formula is C68H75BrN12O17S5.